The first-order valence-electron chi connectivity index (χ1n) is 3.42. The van der Waals surface area contributed by atoms with Gasteiger partial charge in [0.15, 0.2) is 0 Å². The van der Waals surface area contributed by atoms with Crippen molar-refractivity contribution in [3.63, 3.8) is 0 Å². The third-order valence-corrected chi connectivity index (χ3v) is 2.33. The zero-order chi connectivity index (χ0) is 6.54. The minimum atomic E-state index is -0.371. The first kappa shape index (κ1) is 5.69. The molecule has 1 saturated heterocycles. The predicted molar refractivity (Wildman–Crippen MR) is 33.1 cm³/mol. The topological polar surface area (TPSA) is 29.5 Å². The van der Waals surface area contributed by atoms with E-state index in [-0.39, 0.29) is 5.60 Å². The molecule has 1 spiro atoms. The standard InChI is InChI=1S/C7H12O2/c1-6(8)2-7(3-6)4-9-5-7/h8H,2-5H2,1H3. The van der Waals surface area contributed by atoms with Crippen molar-refractivity contribution >= 4 is 0 Å². The van der Waals surface area contributed by atoms with Crippen LogP contribution in [0.15, 0.2) is 0 Å². The molecule has 0 aromatic heterocycles. The highest BCUT2D eigenvalue weighted by Crippen LogP contribution is 2.52. The fourth-order valence-corrected chi connectivity index (χ4v) is 2.16. The van der Waals surface area contributed by atoms with Crippen molar-refractivity contribution in [3.8, 4) is 0 Å². The van der Waals surface area contributed by atoms with E-state index in [4.69, 9.17) is 4.74 Å². The molecule has 52 valence electrons. The van der Waals surface area contributed by atoms with Gasteiger partial charge in [0.05, 0.1) is 18.8 Å². The lowest BCUT2D eigenvalue weighted by atomic mass is 9.59. The monoisotopic (exact) mass is 128 g/mol. The number of hydrogen-bond acceptors (Lipinski definition) is 2. The third kappa shape index (κ3) is 0.700. The summed E-state index contributed by atoms with van der Waals surface area (Å²) in [6, 6.07) is 0. The van der Waals surface area contributed by atoms with Gasteiger partial charge in [-0.25, -0.2) is 0 Å². The van der Waals surface area contributed by atoms with Crippen LogP contribution >= 0.6 is 0 Å². The lowest BCUT2D eigenvalue weighted by Crippen LogP contribution is -2.59. The highest BCUT2D eigenvalue weighted by atomic mass is 16.5. The number of rotatable bonds is 0. The molecule has 2 heteroatoms. The molecule has 0 amide bonds. The molecule has 1 heterocycles. The minimum absolute atomic E-state index is 0.371. The Morgan fingerprint density at radius 1 is 1.33 bits per heavy atom. The Labute approximate surface area is 54.8 Å². The third-order valence-electron chi connectivity index (χ3n) is 2.33. The lowest BCUT2D eigenvalue weighted by Gasteiger charge is -2.56. The zero-order valence-corrected chi connectivity index (χ0v) is 5.68. The van der Waals surface area contributed by atoms with Gasteiger partial charge in [-0.05, 0) is 19.8 Å². The second-order valence-corrected chi connectivity index (χ2v) is 3.84. The van der Waals surface area contributed by atoms with Crippen LogP contribution in [-0.4, -0.2) is 23.9 Å². The van der Waals surface area contributed by atoms with E-state index in [2.05, 4.69) is 0 Å². The van der Waals surface area contributed by atoms with Gasteiger partial charge in [0, 0.05) is 5.41 Å². The van der Waals surface area contributed by atoms with Crippen LogP contribution in [0.5, 0.6) is 0 Å². The molecule has 0 unspecified atom stereocenters. The highest BCUT2D eigenvalue weighted by Gasteiger charge is 2.55. The van der Waals surface area contributed by atoms with Crippen molar-refractivity contribution in [3.05, 3.63) is 0 Å². The quantitative estimate of drug-likeness (QED) is 0.516. The molecular formula is C7H12O2. The van der Waals surface area contributed by atoms with Crippen LogP contribution in [0.4, 0.5) is 0 Å². The van der Waals surface area contributed by atoms with E-state index in [1.165, 1.54) is 0 Å². The van der Waals surface area contributed by atoms with Crippen molar-refractivity contribution in [2.75, 3.05) is 13.2 Å². The second-order valence-electron chi connectivity index (χ2n) is 3.84. The Morgan fingerprint density at radius 3 is 2.00 bits per heavy atom. The summed E-state index contributed by atoms with van der Waals surface area (Å²) < 4.78 is 5.06. The van der Waals surface area contributed by atoms with Gasteiger partial charge in [-0.15, -0.1) is 0 Å². The van der Waals surface area contributed by atoms with Gasteiger partial charge in [-0.2, -0.15) is 0 Å². The molecule has 2 fully saturated rings. The fourth-order valence-electron chi connectivity index (χ4n) is 2.16. The molecule has 2 nitrogen and oxygen atoms in total. The highest BCUT2D eigenvalue weighted by molar-refractivity contribution is 5.04. The Bertz CT molecular complexity index is 126. The Hall–Kier alpha value is -0.0800. The normalized spacial score (nSPS) is 35.3. The van der Waals surface area contributed by atoms with E-state index < -0.39 is 0 Å². The van der Waals surface area contributed by atoms with Gasteiger partial charge < -0.3 is 9.84 Å². The summed E-state index contributed by atoms with van der Waals surface area (Å²) in [5.41, 5.74) is 0.0350. The van der Waals surface area contributed by atoms with Gasteiger partial charge in [0.1, 0.15) is 0 Å². The van der Waals surface area contributed by atoms with Gasteiger partial charge in [0.25, 0.3) is 0 Å². The number of ether oxygens (including phenoxy) is 1. The Morgan fingerprint density at radius 2 is 1.89 bits per heavy atom. The van der Waals surface area contributed by atoms with Gasteiger partial charge in [0.2, 0.25) is 0 Å². The van der Waals surface area contributed by atoms with E-state index in [0.717, 1.165) is 26.1 Å². The maximum absolute atomic E-state index is 9.36. The van der Waals surface area contributed by atoms with Crippen LogP contribution in [0.2, 0.25) is 0 Å². The lowest BCUT2D eigenvalue weighted by molar-refractivity contribution is -0.233. The first-order chi connectivity index (χ1) is 4.12. The van der Waals surface area contributed by atoms with Crippen molar-refractivity contribution in [2.45, 2.75) is 25.4 Å². The van der Waals surface area contributed by atoms with Crippen LogP contribution < -0.4 is 0 Å². The van der Waals surface area contributed by atoms with E-state index in [0.29, 0.717) is 5.41 Å². The van der Waals surface area contributed by atoms with Crippen LogP contribution in [0.25, 0.3) is 0 Å². The molecule has 0 bridgehead atoms. The summed E-state index contributed by atoms with van der Waals surface area (Å²) in [6.45, 7) is 3.66. The molecular weight excluding hydrogens is 116 g/mol. The summed E-state index contributed by atoms with van der Waals surface area (Å²) in [7, 11) is 0. The van der Waals surface area contributed by atoms with Crippen LogP contribution in [0, 0.1) is 5.41 Å². The minimum Gasteiger partial charge on any atom is -0.390 e. The molecule has 1 aliphatic heterocycles. The molecule has 0 aromatic carbocycles. The molecule has 0 atom stereocenters. The SMILES string of the molecule is CC1(O)CC2(COC2)C1. The average molecular weight is 128 g/mol. The molecule has 2 aliphatic rings. The van der Waals surface area contributed by atoms with Crippen LogP contribution in [0.3, 0.4) is 0 Å². The summed E-state index contributed by atoms with van der Waals surface area (Å²) in [4.78, 5) is 0. The van der Waals surface area contributed by atoms with Gasteiger partial charge in [-0.3, -0.25) is 0 Å². The maximum atomic E-state index is 9.36. The molecule has 2 rings (SSSR count). The predicted octanol–water partition coefficient (Wildman–Crippen LogP) is 0.548. The molecule has 9 heavy (non-hydrogen) atoms. The number of aliphatic hydroxyl groups is 1. The largest absolute Gasteiger partial charge is 0.390 e. The molecule has 1 N–H and O–H groups in total. The molecule has 0 radical (unpaired) electrons. The Kier molecular flexibility index (Phi) is 0.837. The summed E-state index contributed by atoms with van der Waals surface area (Å²) in [5, 5.41) is 9.36. The molecule has 1 saturated carbocycles. The van der Waals surface area contributed by atoms with Crippen LogP contribution in [-0.2, 0) is 4.74 Å². The summed E-state index contributed by atoms with van der Waals surface area (Å²) in [5.74, 6) is 0. The fraction of sp³-hybridized carbons (Fsp3) is 1.00. The maximum Gasteiger partial charge on any atom is 0.0633 e. The number of hydrogen-bond donors (Lipinski definition) is 1. The molecule has 1 aliphatic carbocycles. The molecule has 0 aromatic rings. The van der Waals surface area contributed by atoms with Crippen molar-refractivity contribution < 1.29 is 9.84 Å². The zero-order valence-electron chi connectivity index (χ0n) is 5.68. The van der Waals surface area contributed by atoms with Gasteiger partial charge >= 0.3 is 0 Å². The van der Waals surface area contributed by atoms with Crippen molar-refractivity contribution in [1.29, 1.82) is 0 Å². The smallest absolute Gasteiger partial charge is 0.0633 e. The summed E-state index contributed by atoms with van der Waals surface area (Å²) in [6.07, 6.45) is 1.89. The van der Waals surface area contributed by atoms with E-state index in [1.807, 2.05) is 6.92 Å². The van der Waals surface area contributed by atoms with E-state index >= 15 is 0 Å². The first-order valence-corrected chi connectivity index (χ1v) is 3.42. The Balaban J connectivity index is 1.96. The van der Waals surface area contributed by atoms with Crippen LogP contribution in [0.1, 0.15) is 19.8 Å². The van der Waals surface area contributed by atoms with Crippen molar-refractivity contribution in [1.82, 2.24) is 0 Å². The van der Waals surface area contributed by atoms with Crippen molar-refractivity contribution in [2.24, 2.45) is 5.41 Å². The van der Waals surface area contributed by atoms with E-state index in [9.17, 15) is 5.11 Å². The summed E-state index contributed by atoms with van der Waals surface area (Å²) >= 11 is 0. The second kappa shape index (κ2) is 1.32. The van der Waals surface area contributed by atoms with Gasteiger partial charge in [-0.1, -0.05) is 0 Å². The average Bonchev–Trinajstić information content (AvgIpc) is 1.54. The van der Waals surface area contributed by atoms with E-state index in [1.54, 1.807) is 0 Å².